The molecule has 0 saturated heterocycles. The number of para-hydroxylation sites is 1. The maximum absolute atomic E-state index is 6.53. The van der Waals surface area contributed by atoms with Crippen molar-refractivity contribution in [3.63, 3.8) is 0 Å². The summed E-state index contributed by atoms with van der Waals surface area (Å²) in [6, 6.07) is 18.2. The summed E-state index contributed by atoms with van der Waals surface area (Å²) in [6.07, 6.45) is 0.702. The highest BCUT2D eigenvalue weighted by molar-refractivity contribution is 6.31. The van der Waals surface area contributed by atoms with Crippen LogP contribution in [-0.2, 0) is 6.42 Å². The van der Waals surface area contributed by atoms with E-state index in [1.165, 1.54) is 0 Å². The van der Waals surface area contributed by atoms with Crippen molar-refractivity contribution < 1.29 is 0 Å². The van der Waals surface area contributed by atoms with Gasteiger partial charge in [0.2, 0.25) is 0 Å². The zero-order valence-electron chi connectivity index (χ0n) is 11.7. The van der Waals surface area contributed by atoms with Crippen LogP contribution in [0.15, 0.2) is 54.6 Å². The Morgan fingerprint density at radius 2 is 1.86 bits per heavy atom. The van der Waals surface area contributed by atoms with Gasteiger partial charge >= 0.3 is 0 Å². The number of pyridine rings is 1. The second kappa shape index (κ2) is 6.05. The molecule has 3 rings (SSSR count). The first-order valence-electron chi connectivity index (χ1n) is 6.88. The molecule has 3 aromatic rings. The highest BCUT2D eigenvalue weighted by Crippen LogP contribution is 2.28. The Labute approximate surface area is 134 Å². The quantitative estimate of drug-likeness (QED) is 0.563. The molecule has 0 saturated carbocycles. The maximum atomic E-state index is 6.53. The lowest BCUT2D eigenvalue weighted by atomic mass is 10.0. The summed E-state index contributed by atoms with van der Waals surface area (Å²) >= 11 is 12.6. The molecule has 0 aliphatic heterocycles. The topological polar surface area (TPSA) is 12.9 Å². The molecule has 1 atom stereocenters. The predicted octanol–water partition coefficient (Wildman–Crippen LogP) is 5.72. The van der Waals surface area contributed by atoms with E-state index in [2.05, 4.69) is 17.1 Å². The number of alkyl halides is 1. The molecule has 0 spiro atoms. The third-order valence-electron chi connectivity index (χ3n) is 3.59. The Balaban J connectivity index is 1.85. The van der Waals surface area contributed by atoms with Crippen LogP contribution in [0, 0.1) is 6.92 Å². The Morgan fingerprint density at radius 3 is 2.67 bits per heavy atom. The fraction of sp³-hybridized carbons (Fsp3) is 0.167. The van der Waals surface area contributed by atoms with E-state index in [1.54, 1.807) is 0 Å². The Hall–Kier alpha value is -1.57. The summed E-state index contributed by atoms with van der Waals surface area (Å²) in [5.41, 5.74) is 4.13. The average Bonchev–Trinajstić information content (AvgIpc) is 2.50. The van der Waals surface area contributed by atoms with Gasteiger partial charge in [0.1, 0.15) is 0 Å². The molecule has 0 radical (unpaired) electrons. The van der Waals surface area contributed by atoms with Gasteiger partial charge in [0.25, 0.3) is 0 Å². The van der Waals surface area contributed by atoms with Crippen LogP contribution >= 0.6 is 23.2 Å². The number of hydrogen-bond acceptors (Lipinski definition) is 1. The highest BCUT2D eigenvalue weighted by atomic mass is 35.5. The predicted molar refractivity (Wildman–Crippen MR) is 90.2 cm³/mol. The van der Waals surface area contributed by atoms with Crippen molar-refractivity contribution in [2.24, 2.45) is 0 Å². The molecule has 0 fully saturated rings. The third-order valence-corrected chi connectivity index (χ3v) is 4.42. The van der Waals surface area contributed by atoms with E-state index in [0.29, 0.717) is 6.42 Å². The van der Waals surface area contributed by atoms with Crippen molar-refractivity contribution >= 4 is 34.1 Å². The van der Waals surface area contributed by atoms with Crippen molar-refractivity contribution in [2.75, 3.05) is 0 Å². The van der Waals surface area contributed by atoms with Gasteiger partial charge in [-0.3, -0.25) is 4.98 Å². The fourth-order valence-electron chi connectivity index (χ4n) is 2.39. The van der Waals surface area contributed by atoms with E-state index in [9.17, 15) is 0 Å². The molecule has 0 aliphatic rings. The third kappa shape index (κ3) is 3.20. The molecule has 1 heterocycles. The lowest BCUT2D eigenvalue weighted by Gasteiger charge is -2.11. The Morgan fingerprint density at radius 1 is 1.05 bits per heavy atom. The van der Waals surface area contributed by atoms with Crippen LogP contribution in [0.1, 0.15) is 22.2 Å². The number of hydrogen-bond donors (Lipinski definition) is 0. The van der Waals surface area contributed by atoms with Crippen molar-refractivity contribution in [3.8, 4) is 0 Å². The van der Waals surface area contributed by atoms with Crippen LogP contribution in [0.3, 0.4) is 0 Å². The van der Waals surface area contributed by atoms with Crippen LogP contribution < -0.4 is 0 Å². The van der Waals surface area contributed by atoms with Gasteiger partial charge in [-0.05, 0) is 36.2 Å². The molecule has 0 N–H and O–H groups in total. The van der Waals surface area contributed by atoms with Gasteiger partial charge in [-0.2, -0.15) is 0 Å². The maximum Gasteiger partial charge on any atom is 0.0705 e. The number of benzene rings is 2. The van der Waals surface area contributed by atoms with E-state index >= 15 is 0 Å². The molecule has 0 aliphatic carbocycles. The molecule has 0 bridgehead atoms. The number of rotatable bonds is 3. The SMILES string of the molecule is Cc1cc(C(Cl)Cc2ccc3ccccc3n2)ccc1Cl. The van der Waals surface area contributed by atoms with E-state index in [4.69, 9.17) is 23.2 Å². The molecule has 3 heteroatoms. The zero-order chi connectivity index (χ0) is 14.8. The van der Waals surface area contributed by atoms with Crippen LogP contribution in [0.2, 0.25) is 5.02 Å². The second-order valence-corrected chi connectivity index (χ2v) is 6.11. The number of aryl methyl sites for hydroxylation is 1. The smallest absolute Gasteiger partial charge is 0.0705 e. The summed E-state index contributed by atoms with van der Waals surface area (Å²) in [4.78, 5) is 4.67. The van der Waals surface area contributed by atoms with E-state index in [1.807, 2.05) is 49.4 Å². The summed E-state index contributed by atoms with van der Waals surface area (Å²) in [5.74, 6) is 0. The monoisotopic (exact) mass is 315 g/mol. The second-order valence-electron chi connectivity index (χ2n) is 5.18. The van der Waals surface area contributed by atoms with Crippen molar-refractivity contribution in [2.45, 2.75) is 18.7 Å². The van der Waals surface area contributed by atoms with Gasteiger partial charge in [0, 0.05) is 22.5 Å². The molecule has 1 aromatic heterocycles. The molecule has 2 aromatic carbocycles. The van der Waals surface area contributed by atoms with Gasteiger partial charge in [-0.25, -0.2) is 0 Å². The van der Waals surface area contributed by atoms with Gasteiger partial charge < -0.3 is 0 Å². The van der Waals surface area contributed by atoms with Crippen molar-refractivity contribution in [3.05, 3.63) is 76.4 Å². The normalized spacial score (nSPS) is 12.5. The summed E-state index contributed by atoms with van der Waals surface area (Å²) in [7, 11) is 0. The van der Waals surface area contributed by atoms with E-state index in [0.717, 1.165) is 32.7 Å². The molecular formula is C18H15Cl2N. The largest absolute Gasteiger partial charge is 0.253 e. The first kappa shape index (κ1) is 14.4. The van der Waals surface area contributed by atoms with Gasteiger partial charge in [-0.15, -0.1) is 11.6 Å². The van der Waals surface area contributed by atoms with Crippen LogP contribution in [0.25, 0.3) is 10.9 Å². The molecule has 21 heavy (non-hydrogen) atoms. The van der Waals surface area contributed by atoms with E-state index < -0.39 is 0 Å². The fourth-order valence-corrected chi connectivity index (χ4v) is 2.80. The summed E-state index contributed by atoms with van der Waals surface area (Å²) < 4.78 is 0. The minimum atomic E-state index is -0.102. The molecular weight excluding hydrogens is 301 g/mol. The number of fused-ring (bicyclic) bond motifs is 1. The van der Waals surface area contributed by atoms with E-state index in [-0.39, 0.29) is 5.38 Å². The van der Waals surface area contributed by atoms with Gasteiger partial charge in [0.15, 0.2) is 0 Å². The minimum absolute atomic E-state index is 0.102. The number of halogens is 2. The number of aromatic nitrogens is 1. The lowest BCUT2D eigenvalue weighted by Crippen LogP contribution is -1.99. The molecule has 106 valence electrons. The van der Waals surface area contributed by atoms with Crippen LogP contribution in [0.4, 0.5) is 0 Å². The molecule has 1 nitrogen and oxygen atoms in total. The van der Waals surface area contributed by atoms with Gasteiger partial charge in [0.05, 0.1) is 10.9 Å². The zero-order valence-corrected chi connectivity index (χ0v) is 13.2. The summed E-state index contributed by atoms with van der Waals surface area (Å²) in [5, 5.41) is 1.82. The standard InChI is InChI=1S/C18H15Cl2N/c1-12-10-14(7-9-16(12)19)17(20)11-15-8-6-13-4-2-3-5-18(13)21-15/h2-10,17H,11H2,1H3. The van der Waals surface area contributed by atoms with Crippen molar-refractivity contribution in [1.29, 1.82) is 0 Å². The first-order chi connectivity index (χ1) is 10.1. The highest BCUT2D eigenvalue weighted by Gasteiger charge is 2.11. The van der Waals surface area contributed by atoms with Gasteiger partial charge in [-0.1, -0.05) is 48.0 Å². The van der Waals surface area contributed by atoms with Crippen LogP contribution in [0.5, 0.6) is 0 Å². The van der Waals surface area contributed by atoms with Crippen LogP contribution in [-0.4, -0.2) is 4.98 Å². The minimum Gasteiger partial charge on any atom is -0.253 e. The average molecular weight is 316 g/mol. The Kier molecular flexibility index (Phi) is 4.14. The molecule has 0 amide bonds. The molecule has 1 unspecified atom stereocenters. The summed E-state index contributed by atoms with van der Waals surface area (Å²) in [6.45, 7) is 1.99. The van der Waals surface area contributed by atoms with Crippen molar-refractivity contribution in [1.82, 2.24) is 4.98 Å². The lowest BCUT2D eigenvalue weighted by molar-refractivity contribution is 0.887. The Bertz CT molecular complexity index is 783. The first-order valence-corrected chi connectivity index (χ1v) is 7.70. The number of nitrogens with zero attached hydrogens (tertiary/aromatic N) is 1.